The van der Waals surface area contributed by atoms with Crippen LogP contribution in [0.4, 0.5) is 8.78 Å². The number of aldehydes is 1. The summed E-state index contributed by atoms with van der Waals surface area (Å²) in [4.78, 5) is 21.9. The fraction of sp³-hybridized carbons (Fsp3) is 0.200. The second kappa shape index (κ2) is 5.16. The monoisotopic (exact) mass is 292 g/mol. The molecule has 0 aliphatic heterocycles. The maximum Gasteiger partial charge on any atom is 0.387 e. The van der Waals surface area contributed by atoms with E-state index in [9.17, 15) is 18.4 Å². The lowest BCUT2D eigenvalue weighted by Crippen LogP contribution is -2.09. The van der Waals surface area contributed by atoms with Crippen LogP contribution in [0, 0.1) is 0 Å². The number of carbonyl (C=O) groups is 2. The summed E-state index contributed by atoms with van der Waals surface area (Å²) in [5, 5.41) is 0. The van der Waals surface area contributed by atoms with Crippen LogP contribution in [-0.4, -0.2) is 18.7 Å². The largest absolute Gasteiger partial charge is 0.434 e. The third-order valence-corrected chi connectivity index (χ3v) is 2.25. The van der Waals surface area contributed by atoms with Crippen LogP contribution in [0.3, 0.4) is 0 Å². The first kappa shape index (κ1) is 12.8. The molecule has 6 heteroatoms. The third kappa shape index (κ3) is 2.85. The van der Waals surface area contributed by atoms with Gasteiger partial charge in [-0.2, -0.15) is 8.78 Å². The Balaban J connectivity index is 3.37. The van der Waals surface area contributed by atoms with Crippen molar-refractivity contribution in [3.8, 4) is 5.75 Å². The van der Waals surface area contributed by atoms with E-state index in [0.29, 0.717) is 10.8 Å². The van der Waals surface area contributed by atoms with Crippen molar-refractivity contribution in [1.82, 2.24) is 0 Å². The van der Waals surface area contributed by atoms with Crippen LogP contribution in [0.15, 0.2) is 16.6 Å². The molecule has 0 N–H and O–H groups in total. The zero-order chi connectivity index (χ0) is 12.3. The van der Waals surface area contributed by atoms with Gasteiger partial charge < -0.3 is 4.74 Å². The SMILES string of the molecule is CC(=O)c1c(C=O)cc(Br)cc1OC(F)F. The van der Waals surface area contributed by atoms with Crippen LogP contribution in [0.2, 0.25) is 0 Å². The quantitative estimate of drug-likeness (QED) is 0.633. The van der Waals surface area contributed by atoms with E-state index in [2.05, 4.69) is 20.7 Å². The molecule has 0 radical (unpaired) electrons. The summed E-state index contributed by atoms with van der Waals surface area (Å²) in [6.07, 6.45) is 0.416. The van der Waals surface area contributed by atoms with Gasteiger partial charge in [0.1, 0.15) is 5.75 Å². The highest BCUT2D eigenvalue weighted by atomic mass is 79.9. The zero-order valence-electron chi connectivity index (χ0n) is 8.17. The van der Waals surface area contributed by atoms with E-state index >= 15 is 0 Å². The van der Waals surface area contributed by atoms with E-state index in [0.717, 1.165) is 0 Å². The van der Waals surface area contributed by atoms with Gasteiger partial charge in [0.2, 0.25) is 0 Å². The van der Waals surface area contributed by atoms with Crippen molar-refractivity contribution in [2.45, 2.75) is 13.5 Å². The first-order valence-corrected chi connectivity index (χ1v) is 4.99. The molecule has 0 saturated heterocycles. The molecule has 0 aromatic heterocycles. The van der Waals surface area contributed by atoms with Gasteiger partial charge in [-0.3, -0.25) is 9.59 Å². The molecule has 0 atom stereocenters. The second-order valence-corrected chi connectivity index (χ2v) is 3.84. The number of Topliss-reactive ketones (excluding diaryl/α,β-unsaturated/α-hetero) is 1. The average molecular weight is 293 g/mol. The summed E-state index contributed by atoms with van der Waals surface area (Å²) in [5.74, 6) is -0.816. The number of ether oxygens (including phenoxy) is 1. The van der Waals surface area contributed by atoms with Crippen molar-refractivity contribution < 1.29 is 23.1 Å². The second-order valence-electron chi connectivity index (χ2n) is 2.92. The molecule has 0 spiro atoms. The Kier molecular flexibility index (Phi) is 4.12. The Hall–Kier alpha value is -1.30. The highest BCUT2D eigenvalue weighted by Crippen LogP contribution is 2.28. The fourth-order valence-electron chi connectivity index (χ4n) is 1.26. The van der Waals surface area contributed by atoms with Crippen LogP contribution in [0.5, 0.6) is 5.75 Å². The lowest BCUT2D eigenvalue weighted by atomic mass is 10.0. The molecule has 0 bridgehead atoms. The van der Waals surface area contributed by atoms with Gasteiger partial charge in [-0.05, 0) is 19.1 Å². The number of halogens is 3. The van der Waals surface area contributed by atoms with Gasteiger partial charge in [0, 0.05) is 10.0 Å². The topological polar surface area (TPSA) is 43.4 Å². The van der Waals surface area contributed by atoms with Crippen molar-refractivity contribution in [3.05, 3.63) is 27.7 Å². The van der Waals surface area contributed by atoms with Crippen molar-refractivity contribution >= 4 is 28.0 Å². The van der Waals surface area contributed by atoms with E-state index in [-0.39, 0.29) is 16.9 Å². The first-order valence-electron chi connectivity index (χ1n) is 4.20. The van der Waals surface area contributed by atoms with Gasteiger partial charge >= 0.3 is 6.61 Å². The average Bonchev–Trinajstić information content (AvgIpc) is 2.14. The molecule has 1 aromatic carbocycles. The van der Waals surface area contributed by atoms with Gasteiger partial charge in [-0.1, -0.05) is 15.9 Å². The summed E-state index contributed by atoms with van der Waals surface area (Å²) < 4.78 is 28.8. The smallest absolute Gasteiger partial charge is 0.387 e. The number of ketones is 1. The Labute approximate surface area is 98.5 Å². The summed E-state index contributed by atoms with van der Waals surface area (Å²) >= 11 is 3.03. The lowest BCUT2D eigenvalue weighted by molar-refractivity contribution is -0.0502. The molecule has 86 valence electrons. The number of hydrogen-bond donors (Lipinski definition) is 0. The minimum Gasteiger partial charge on any atom is -0.434 e. The van der Waals surface area contributed by atoms with Crippen LogP contribution in [0.1, 0.15) is 27.6 Å². The standard InChI is InChI=1S/C10H7BrF2O3/c1-5(15)9-6(4-14)2-7(11)3-8(9)16-10(12)13/h2-4,10H,1H3. The summed E-state index contributed by atoms with van der Waals surface area (Å²) in [5.41, 5.74) is -0.129. The van der Waals surface area contributed by atoms with Crippen LogP contribution >= 0.6 is 15.9 Å². The number of hydrogen-bond acceptors (Lipinski definition) is 3. The van der Waals surface area contributed by atoms with E-state index in [1.165, 1.54) is 19.1 Å². The Bertz CT molecular complexity index is 432. The molecule has 0 heterocycles. The molecule has 0 aliphatic carbocycles. The minimum atomic E-state index is -3.05. The van der Waals surface area contributed by atoms with E-state index < -0.39 is 12.4 Å². The Morgan fingerprint density at radius 3 is 2.56 bits per heavy atom. The number of rotatable bonds is 4. The normalized spacial score (nSPS) is 10.3. The number of carbonyl (C=O) groups excluding carboxylic acids is 2. The maximum atomic E-state index is 12.1. The van der Waals surface area contributed by atoms with Crippen molar-refractivity contribution in [2.24, 2.45) is 0 Å². The van der Waals surface area contributed by atoms with Gasteiger partial charge in [0.25, 0.3) is 0 Å². The van der Waals surface area contributed by atoms with Gasteiger partial charge in [-0.15, -0.1) is 0 Å². The van der Waals surface area contributed by atoms with E-state index in [4.69, 9.17) is 0 Å². The summed E-state index contributed by atoms with van der Waals surface area (Å²) in [6, 6.07) is 2.58. The molecule has 3 nitrogen and oxygen atoms in total. The van der Waals surface area contributed by atoms with Crippen molar-refractivity contribution in [2.75, 3.05) is 0 Å². The number of benzene rings is 1. The Morgan fingerprint density at radius 2 is 2.12 bits per heavy atom. The van der Waals surface area contributed by atoms with Crippen LogP contribution in [-0.2, 0) is 0 Å². The van der Waals surface area contributed by atoms with Gasteiger partial charge in [0.05, 0.1) is 5.56 Å². The van der Waals surface area contributed by atoms with E-state index in [1.807, 2.05) is 0 Å². The number of alkyl halides is 2. The van der Waals surface area contributed by atoms with Crippen LogP contribution < -0.4 is 4.74 Å². The van der Waals surface area contributed by atoms with Gasteiger partial charge in [0.15, 0.2) is 12.1 Å². The molecular weight excluding hydrogens is 286 g/mol. The van der Waals surface area contributed by atoms with Gasteiger partial charge in [-0.25, -0.2) is 0 Å². The molecule has 0 saturated carbocycles. The van der Waals surface area contributed by atoms with Crippen molar-refractivity contribution in [3.63, 3.8) is 0 Å². The molecule has 0 unspecified atom stereocenters. The lowest BCUT2D eigenvalue weighted by Gasteiger charge is -2.11. The highest BCUT2D eigenvalue weighted by Gasteiger charge is 2.18. The highest BCUT2D eigenvalue weighted by molar-refractivity contribution is 9.10. The molecule has 1 aromatic rings. The predicted molar refractivity (Wildman–Crippen MR) is 56.2 cm³/mol. The molecular formula is C10H7BrF2O3. The molecule has 1 rings (SSSR count). The summed E-state index contributed by atoms with van der Waals surface area (Å²) in [6.45, 7) is -1.87. The van der Waals surface area contributed by atoms with Crippen molar-refractivity contribution in [1.29, 1.82) is 0 Å². The van der Waals surface area contributed by atoms with Crippen LogP contribution in [0.25, 0.3) is 0 Å². The molecule has 0 aliphatic rings. The zero-order valence-corrected chi connectivity index (χ0v) is 9.75. The Morgan fingerprint density at radius 1 is 1.50 bits per heavy atom. The molecule has 16 heavy (non-hydrogen) atoms. The summed E-state index contributed by atoms with van der Waals surface area (Å²) in [7, 11) is 0. The third-order valence-electron chi connectivity index (χ3n) is 1.79. The first-order chi connectivity index (χ1) is 7.45. The molecule has 0 fully saturated rings. The predicted octanol–water partition coefficient (Wildman–Crippen LogP) is 3.07. The maximum absolute atomic E-state index is 12.1. The fourth-order valence-corrected chi connectivity index (χ4v) is 1.72. The minimum absolute atomic E-state index is 0.0116. The molecule has 0 amide bonds. The van der Waals surface area contributed by atoms with E-state index in [1.54, 1.807) is 0 Å².